The SMILES string of the molecule is COc1ccc(/C=C/C(=O)OCC(=O)N(C)Cc2ccccc2OC)c(OC)c1. The summed E-state index contributed by atoms with van der Waals surface area (Å²) < 4.78 is 20.7. The van der Waals surface area contributed by atoms with Gasteiger partial charge >= 0.3 is 5.97 Å². The van der Waals surface area contributed by atoms with Gasteiger partial charge in [0.2, 0.25) is 0 Å². The Morgan fingerprint density at radius 3 is 2.38 bits per heavy atom. The van der Waals surface area contributed by atoms with Crippen molar-refractivity contribution in [2.45, 2.75) is 6.54 Å². The summed E-state index contributed by atoms with van der Waals surface area (Å²) in [5, 5.41) is 0. The molecule has 0 aliphatic carbocycles. The van der Waals surface area contributed by atoms with Crippen LogP contribution < -0.4 is 14.2 Å². The van der Waals surface area contributed by atoms with Gasteiger partial charge in [0.1, 0.15) is 17.2 Å². The Morgan fingerprint density at radius 2 is 1.69 bits per heavy atom. The number of esters is 1. The lowest BCUT2D eigenvalue weighted by Crippen LogP contribution is -2.30. The quantitative estimate of drug-likeness (QED) is 0.477. The number of carbonyl (C=O) groups is 2. The standard InChI is InChI=1S/C22H25NO6/c1-23(14-17-7-5-6-8-19(17)27-3)21(24)15-29-22(25)12-10-16-9-11-18(26-2)13-20(16)28-4/h5-13H,14-15H2,1-4H3/b12-10+. The van der Waals surface area contributed by atoms with Gasteiger partial charge in [-0.15, -0.1) is 0 Å². The number of rotatable bonds is 9. The number of benzene rings is 2. The second-order valence-electron chi connectivity index (χ2n) is 6.11. The van der Waals surface area contributed by atoms with Crippen LogP contribution in [0, 0.1) is 0 Å². The molecule has 0 bridgehead atoms. The van der Waals surface area contributed by atoms with E-state index in [1.807, 2.05) is 24.3 Å². The van der Waals surface area contributed by atoms with Crippen molar-refractivity contribution in [2.75, 3.05) is 35.0 Å². The third-order valence-corrected chi connectivity index (χ3v) is 4.20. The zero-order valence-electron chi connectivity index (χ0n) is 17.0. The highest BCUT2D eigenvalue weighted by Crippen LogP contribution is 2.25. The van der Waals surface area contributed by atoms with Gasteiger partial charge in [-0.25, -0.2) is 4.79 Å². The van der Waals surface area contributed by atoms with E-state index in [1.165, 1.54) is 18.1 Å². The summed E-state index contributed by atoms with van der Waals surface area (Å²) in [5.74, 6) is 0.952. The van der Waals surface area contributed by atoms with E-state index >= 15 is 0 Å². The zero-order chi connectivity index (χ0) is 21.2. The molecule has 0 atom stereocenters. The van der Waals surface area contributed by atoms with Gasteiger partial charge < -0.3 is 23.8 Å². The van der Waals surface area contributed by atoms with Crippen LogP contribution in [-0.2, 0) is 20.9 Å². The van der Waals surface area contributed by atoms with E-state index in [0.29, 0.717) is 29.4 Å². The van der Waals surface area contributed by atoms with Crippen LogP contribution in [0.5, 0.6) is 17.2 Å². The maximum Gasteiger partial charge on any atom is 0.331 e. The fourth-order valence-electron chi connectivity index (χ4n) is 2.58. The van der Waals surface area contributed by atoms with Crippen molar-refractivity contribution < 1.29 is 28.5 Å². The molecule has 0 heterocycles. The summed E-state index contributed by atoms with van der Waals surface area (Å²) >= 11 is 0. The molecular weight excluding hydrogens is 374 g/mol. The van der Waals surface area contributed by atoms with Gasteiger partial charge in [0.05, 0.1) is 21.3 Å². The monoisotopic (exact) mass is 399 g/mol. The average Bonchev–Trinajstić information content (AvgIpc) is 2.76. The van der Waals surface area contributed by atoms with Crippen LogP contribution in [0.4, 0.5) is 0 Å². The first kappa shape index (κ1) is 21.8. The van der Waals surface area contributed by atoms with Crippen molar-refractivity contribution in [3.8, 4) is 17.2 Å². The fourth-order valence-corrected chi connectivity index (χ4v) is 2.58. The minimum absolute atomic E-state index is 0.320. The first-order valence-corrected chi connectivity index (χ1v) is 8.91. The van der Waals surface area contributed by atoms with Crippen molar-refractivity contribution in [3.63, 3.8) is 0 Å². The highest BCUT2D eigenvalue weighted by atomic mass is 16.5. The smallest absolute Gasteiger partial charge is 0.331 e. The van der Waals surface area contributed by atoms with Gasteiger partial charge in [-0.05, 0) is 24.3 Å². The lowest BCUT2D eigenvalue weighted by atomic mass is 10.2. The van der Waals surface area contributed by atoms with E-state index in [9.17, 15) is 9.59 Å². The van der Waals surface area contributed by atoms with Crippen LogP contribution in [0.15, 0.2) is 48.5 Å². The molecule has 0 aliphatic heterocycles. The van der Waals surface area contributed by atoms with Gasteiger partial charge in [-0.1, -0.05) is 18.2 Å². The highest BCUT2D eigenvalue weighted by Gasteiger charge is 2.13. The van der Waals surface area contributed by atoms with E-state index < -0.39 is 5.97 Å². The van der Waals surface area contributed by atoms with E-state index in [2.05, 4.69) is 0 Å². The molecule has 0 fully saturated rings. The molecule has 2 aromatic carbocycles. The Morgan fingerprint density at radius 1 is 0.966 bits per heavy atom. The summed E-state index contributed by atoms with van der Waals surface area (Å²) in [6, 6.07) is 12.6. The lowest BCUT2D eigenvalue weighted by Gasteiger charge is -2.18. The molecule has 29 heavy (non-hydrogen) atoms. The molecule has 2 rings (SSSR count). The van der Waals surface area contributed by atoms with Crippen molar-refractivity contribution in [1.82, 2.24) is 4.90 Å². The molecule has 154 valence electrons. The Bertz CT molecular complexity index is 877. The lowest BCUT2D eigenvalue weighted by molar-refractivity contribution is -0.147. The van der Waals surface area contributed by atoms with Crippen molar-refractivity contribution in [2.24, 2.45) is 0 Å². The number of hydrogen-bond donors (Lipinski definition) is 0. The summed E-state index contributed by atoms with van der Waals surface area (Å²) in [6.07, 6.45) is 2.81. The third-order valence-electron chi connectivity index (χ3n) is 4.20. The van der Waals surface area contributed by atoms with Gasteiger partial charge in [0.15, 0.2) is 6.61 Å². The molecule has 0 aromatic heterocycles. The Labute approximate surface area is 170 Å². The molecule has 0 saturated heterocycles. The molecule has 0 N–H and O–H groups in total. The number of amides is 1. The minimum Gasteiger partial charge on any atom is -0.497 e. The van der Waals surface area contributed by atoms with Crippen LogP contribution in [-0.4, -0.2) is 51.8 Å². The summed E-state index contributed by atoms with van der Waals surface area (Å²) in [6.45, 7) is -0.00610. The molecule has 0 saturated carbocycles. The number of carbonyl (C=O) groups excluding carboxylic acids is 2. The van der Waals surface area contributed by atoms with Crippen LogP contribution in [0.3, 0.4) is 0 Å². The molecule has 0 aliphatic rings. The largest absolute Gasteiger partial charge is 0.497 e. The number of nitrogens with zero attached hydrogens (tertiary/aromatic N) is 1. The first-order chi connectivity index (χ1) is 14.0. The van der Waals surface area contributed by atoms with Crippen LogP contribution in [0.1, 0.15) is 11.1 Å². The van der Waals surface area contributed by atoms with Gasteiger partial charge in [-0.2, -0.15) is 0 Å². The molecule has 0 unspecified atom stereocenters. The first-order valence-electron chi connectivity index (χ1n) is 8.91. The Kier molecular flexibility index (Phi) is 8.09. The van der Waals surface area contributed by atoms with E-state index in [-0.39, 0.29) is 12.5 Å². The van der Waals surface area contributed by atoms with Gasteiger partial charge in [0.25, 0.3) is 5.91 Å². The number of likely N-dealkylation sites (N-methyl/N-ethyl adjacent to an activating group) is 1. The predicted molar refractivity (Wildman–Crippen MR) is 109 cm³/mol. The fraction of sp³-hybridized carbons (Fsp3) is 0.273. The van der Waals surface area contributed by atoms with Crippen LogP contribution in [0.2, 0.25) is 0 Å². The normalized spacial score (nSPS) is 10.5. The summed E-state index contributed by atoms with van der Waals surface area (Å²) in [5.41, 5.74) is 1.55. The topological polar surface area (TPSA) is 74.3 Å². The number of methoxy groups -OCH3 is 3. The molecule has 2 aromatic rings. The zero-order valence-corrected chi connectivity index (χ0v) is 17.0. The number of hydrogen-bond acceptors (Lipinski definition) is 6. The summed E-state index contributed by atoms with van der Waals surface area (Å²) in [7, 11) is 6.30. The average molecular weight is 399 g/mol. The van der Waals surface area contributed by atoms with Crippen molar-refractivity contribution in [1.29, 1.82) is 0 Å². The maximum atomic E-state index is 12.2. The second-order valence-corrected chi connectivity index (χ2v) is 6.11. The molecule has 7 nitrogen and oxygen atoms in total. The van der Waals surface area contributed by atoms with Crippen LogP contribution >= 0.6 is 0 Å². The van der Waals surface area contributed by atoms with Gasteiger partial charge in [-0.3, -0.25) is 4.79 Å². The number of ether oxygens (including phenoxy) is 4. The highest BCUT2D eigenvalue weighted by molar-refractivity contribution is 5.89. The maximum absolute atomic E-state index is 12.2. The van der Waals surface area contributed by atoms with E-state index in [4.69, 9.17) is 18.9 Å². The third kappa shape index (κ3) is 6.27. The molecule has 7 heteroatoms. The summed E-state index contributed by atoms with van der Waals surface area (Å²) in [4.78, 5) is 25.7. The number of para-hydroxylation sites is 1. The second kappa shape index (κ2) is 10.8. The molecule has 1 amide bonds. The van der Waals surface area contributed by atoms with Crippen molar-refractivity contribution >= 4 is 18.0 Å². The van der Waals surface area contributed by atoms with Crippen molar-refractivity contribution in [3.05, 3.63) is 59.7 Å². The Balaban J connectivity index is 1.89. The van der Waals surface area contributed by atoms with Crippen LogP contribution in [0.25, 0.3) is 6.08 Å². The molecule has 0 spiro atoms. The molecular formula is C22H25NO6. The van der Waals surface area contributed by atoms with E-state index in [0.717, 1.165) is 5.56 Å². The van der Waals surface area contributed by atoms with E-state index in [1.54, 1.807) is 45.5 Å². The minimum atomic E-state index is -0.623. The molecule has 0 radical (unpaired) electrons. The Hall–Kier alpha value is -3.48. The van der Waals surface area contributed by atoms with Gasteiger partial charge in [0, 0.05) is 36.9 Å². The predicted octanol–water partition coefficient (Wildman–Crippen LogP) is 2.93.